The fourth-order valence-corrected chi connectivity index (χ4v) is 3.51. The highest BCUT2D eigenvalue weighted by atomic mass is 31.2. The van der Waals surface area contributed by atoms with E-state index in [2.05, 4.69) is 4.90 Å². The molecule has 6 heteroatoms. The molecule has 1 fully saturated rings. The molecule has 1 atom stereocenters. The molecule has 1 aliphatic rings. The van der Waals surface area contributed by atoms with Gasteiger partial charge in [0.2, 0.25) is 0 Å². The second-order valence-corrected chi connectivity index (χ2v) is 6.18. The Labute approximate surface area is 110 Å². The molecule has 0 aliphatic carbocycles. The maximum atomic E-state index is 12.2. The summed E-state index contributed by atoms with van der Waals surface area (Å²) in [5, 5.41) is 0. The molecule has 5 nitrogen and oxygen atoms in total. The van der Waals surface area contributed by atoms with Crippen LogP contribution in [0.2, 0.25) is 0 Å². The molecule has 108 valence electrons. The number of likely N-dealkylation sites (tertiary alicyclic amines) is 1. The zero-order chi connectivity index (χ0) is 13.4. The predicted molar refractivity (Wildman–Crippen MR) is 71.7 cm³/mol. The predicted octanol–water partition coefficient (Wildman–Crippen LogP) is 3.06. The Morgan fingerprint density at radius 2 is 1.67 bits per heavy atom. The van der Waals surface area contributed by atoms with Crippen molar-refractivity contribution in [3.05, 3.63) is 0 Å². The van der Waals surface area contributed by atoms with Crippen molar-refractivity contribution in [2.75, 3.05) is 32.8 Å². The summed E-state index contributed by atoms with van der Waals surface area (Å²) in [7, 11) is -3.37. The van der Waals surface area contributed by atoms with Crippen LogP contribution in [0.15, 0.2) is 0 Å². The van der Waals surface area contributed by atoms with E-state index in [1.807, 2.05) is 6.92 Å². The molecule has 0 bridgehead atoms. The first-order valence-corrected chi connectivity index (χ1v) is 8.35. The fraction of sp³-hybridized carbons (Fsp3) is 1.00. The minimum absolute atomic E-state index is 0.146. The molecule has 0 radical (unpaired) electrons. The number of hydrogen-bond donors (Lipinski definition) is 0. The Morgan fingerprint density at radius 1 is 1.11 bits per heavy atom. The molecule has 0 aromatic rings. The second-order valence-electron chi connectivity index (χ2n) is 4.56. The van der Waals surface area contributed by atoms with E-state index in [0.717, 1.165) is 19.6 Å². The molecule has 1 unspecified atom stereocenters. The van der Waals surface area contributed by atoms with Crippen LogP contribution in [0.4, 0.5) is 0 Å². The highest BCUT2D eigenvalue weighted by molar-refractivity contribution is 7.48. The van der Waals surface area contributed by atoms with Gasteiger partial charge in [-0.1, -0.05) is 6.42 Å². The lowest BCUT2D eigenvalue weighted by atomic mass is 10.1. The Hall–Kier alpha value is 0.0700. The van der Waals surface area contributed by atoms with Crippen molar-refractivity contribution in [3.8, 4) is 0 Å². The molecular formula is C12H26NO4P. The minimum Gasteiger partial charge on any atom is -0.301 e. The van der Waals surface area contributed by atoms with Crippen molar-refractivity contribution in [3.63, 3.8) is 0 Å². The van der Waals surface area contributed by atoms with Crippen molar-refractivity contribution < 1.29 is 18.1 Å². The summed E-state index contributed by atoms with van der Waals surface area (Å²) >= 11 is 0. The van der Waals surface area contributed by atoms with E-state index in [4.69, 9.17) is 13.6 Å². The molecule has 0 aromatic heterocycles. The Kier molecular flexibility index (Phi) is 7.42. The monoisotopic (exact) mass is 279 g/mol. The molecule has 1 saturated heterocycles. The van der Waals surface area contributed by atoms with Crippen LogP contribution in [0.5, 0.6) is 0 Å². The van der Waals surface area contributed by atoms with Gasteiger partial charge in [-0.2, -0.15) is 0 Å². The zero-order valence-electron chi connectivity index (χ0n) is 11.8. The molecular weight excluding hydrogens is 253 g/mol. The van der Waals surface area contributed by atoms with E-state index in [0.29, 0.717) is 13.2 Å². The van der Waals surface area contributed by atoms with Gasteiger partial charge in [0.15, 0.2) is 0 Å². The Bertz CT molecular complexity index is 259. The smallest absolute Gasteiger partial charge is 0.301 e. The largest absolute Gasteiger partial charge is 0.475 e. The van der Waals surface area contributed by atoms with Gasteiger partial charge >= 0.3 is 7.82 Å². The quantitative estimate of drug-likeness (QED) is 0.639. The molecule has 1 aliphatic heterocycles. The third kappa shape index (κ3) is 5.81. The van der Waals surface area contributed by atoms with Gasteiger partial charge in [0.1, 0.15) is 0 Å². The number of phosphoric acid groups is 1. The minimum atomic E-state index is -3.37. The summed E-state index contributed by atoms with van der Waals surface area (Å²) in [6.07, 6.45) is 3.64. The Morgan fingerprint density at radius 3 is 2.17 bits per heavy atom. The maximum Gasteiger partial charge on any atom is 0.475 e. The molecule has 18 heavy (non-hydrogen) atoms. The number of phosphoric ester groups is 1. The second kappa shape index (κ2) is 8.28. The third-order valence-corrected chi connectivity index (χ3v) is 4.61. The van der Waals surface area contributed by atoms with Crippen molar-refractivity contribution >= 4 is 7.82 Å². The fourth-order valence-electron chi connectivity index (χ4n) is 2.17. The summed E-state index contributed by atoms with van der Waals surface area (Å²) in [6.45, 7) is 9.11. The molecule has 1 rings (SSSR count). The van der Waals surface area contributed by atoms with Gasteiger partial charge in [-0.15, -0.1) is 0 Å². The summed E-state index contributed by atoms with van der Waals surface area (Å²) in [5.74, 6) is 0. The standard InChI is InChI=1S/C12H26NO4P/c1-4-15-18(14,16-5-2)17-12(3)11-13-9-7-6-8-10-13/h12H,4-11H2,1-3H3. The molecule has 0 saturated carbocycles. The lowest BCUT2D eigenvalue weighted by Gasteiger charge is -2.30. The van der Waals surface area contributed by atoms with Gasteiger partial charge in [-0.3, -0.25) is 13.6 Å². The summed E-state index contributed by atoms with van der Waals surface area (Å²) in [5.41, 5.74) is 0. The highest BCUT2D eigenvalue weighted by Crippen LogP contribution is 2.50. The lowest BCUT2D eigenvalue weighted by Crippen LogP contribution is -2.36. The van der Waals surface area contributed by atoms with Crippen LogP contribution in [0.3, 0.4) is 0 Å². The average molecular weight is 279 g/mol. The zero-order valence-corrected chi connectivity index (χ0v) is 12.7. The van der Waals surface area contributed by atoms with Gasteiger partial charge in [0, 0.05) is 6.54 Å². The molecule has 0 spiro atoms. The van der Waals surface area contributed by atoms with Crippen LogP contribution in [-0.4, -0.2) is 43.9 Å². The van der Waals surface area contributed by atoms with Crippen LogP contribution in [0.25, 0.3) is 0 Å². The van der Waals surface area contributed by atoms with Crippen LogP contribution >= 0.6 is 7.82 Å². The third-order valence-electron chi connectivity index (χ3n) is 2.85. The highest BCUT2D eigenvalue weighted by Gasteiger charge is 2.29. The van der Waals surface area contributed by atoms with E-state index in [1.165, 1.54) is 19.3 Å². The average Bonchev–Trinajstić information content (AvgIpc) is 2.30. The van der Waals surface area contributed by atoms with Gasteiger partial charge in [-0.05, 0) is 46.7 Å². The van der Waals surface area contributed by atoms with E-state index < -0.39 is 7.82 Å². The van der Waals surface area contributed by atoms with E-state index in [9.17, 15) is 4.57 Å². The Balaban J connectivity index is 2.39. The first-order chi connectivity index (χ1) is 8.59. The van der Waals surface area contributed by atoms with Gasteiger partial charge < -0.3 is 4.90 Å². The molecule has 0 aromatic carbocycles. The van der Waals surface area contributed by atoms with Crippen LogP contribution in [-0.2, 0) is 18.1 Å². The number of rotatable bonds is 8. The molecule has 0 N–H and O–H groups in total. The van der Waals surface area contributed by atoms with Crippen LogP contribution in [0.1, 0.15) is 40.0 Å². The van der Waals surface area contributed by atoms with Crippen molar-refractivity contribution in [2.24, 2.45) is 0 Å². The first-order valence-electron chi connectivity index (χ1n) is 6.89. The first kappa shape index (κ1) is 16.1. The molecule has 0 amide bonds. The normalized spacial score (nSPS) is 19.9. The summed E-state index contributed by atoms with van der Waals surface area (Å²) < 4.78 is 27.9. The lowest BCUT2D eigenvalue weighted by molar-refractivity contribution is 0.0663. The van der Waals surface area contributed by atoms with Gasteiger partial charge in [0.25, 0.3) is 0 Å². The molecule has 1 heterocycles. The van der Waals surface area contributed by atoms with Crippen LogP contribution in [0, 0.1) is 0 Å². The number of hydrogen-bond acceptors (Lipinski definition) is 5. The summed E-state index contributed by atoms with van der Waals surface area (Å²) in [4.78, 5) is 2.34. The van der Waals surface area contributed by atoms with Crippen molar-refractivity contribution in [2.45, 2.75) is 46.1 Å². The SMILES string of the molecule is CCOP(=O)(OCC)OC(C)CN1CCCCC1. The van der Waals surface area contributed by atoms with E-state index in [-0.39, 0.29) is 6.10 Å². The number of nitrogens with zero attached hydrogens (tertiary/aromatic N) is 1. The van der Waals surface area contributed by atoms with Crippen molar-refractivity contribution in [1.29, 1.82) is 0 Å². The summed E-state index contributed by atoms with van der Waals surface area (Å²) in [6, 6.07) is 0. The van der Waals surface area contributed by atoms with E-state index in [1.54, 1.807) is 13.8 Å². The van der Waals surface area contributed by atoms with Gasteiger partial charge in [0.05, 0.1) is 19.3 Å². The maximum absolute atomic E-state index is 12.2. The van der Waals surface area contributed by atoms with Crippen molar-refractivity contribution in [1.82, 2.24) is 4.90 Å². The van der Waals surface area contributed by atoms with Gasteiger partial charge in [-0.25, -0.2) is 4.57 Å². The van der Waals surface area contributed by atoms with E-state index >= 15 is 0 Å². The van der Waals surface area contributed by atoms with Crippen LogP contribution < -0.4 is 0 Å². The topological polar surface area (TPSA) is 48.0 Å². The number of piperidine rings is 1.